The van der Waals surface area contributed by atoms with Crippen molar-refractivity contribution in [3.8, 4) is 0 Å². The molecule has 1 atom stereocenters. The van der Waals surface area contributed by atoms with Gasteiger partial charge in [-0.05, 0) is 25.3 Å². The molecule has 2 rings (SSSR count). The van der Waals surface area contributed by atoms with Crippen LogP contribution in [0.5, 0.6) is 0 Å². The zero-order chi connectivity index (χ0) is 15.3. The van der Waals surface area contributed by atoms with E-state index in [0.717, 1.165) is 24.8 Å². The molecular formula is C15H23BrN2O2S. The molecule has 1 aromatic carbocycles. The number of nitrogens with zero attached hydrogens (tertiary/aromatic N) is 2. The Balaban J connectivity index is 2.19. The van der Waals surface area contributed by atoms with Crippen LogP contribution in [0.25, 0.3) is 0 Å². The zero-order valence-corrected chi connectivity index (χ0v) is 14.8. The second kappa shape index (κ2) is 7.72. The molecule has 1 fully saturated rings. The first-order valence-corrected chi connectivity index (χ1v) is 9.94. The molecule has 21 heavy (non-hydrogen) atoms. The van der Waals surface area contributed by atoms with E-state index in [2.05, 4.69) is 15.9 Å². The van der Waals surface area contributed by atoms with Gasteiger partial charge >= 0.3 is 0 Å². The number of benzene rings is 1. The predicted octanol–water partition coefficient (Wildman–Crippen LogP) is 3.00. The van der Waals surface area contributed by atoms with E-state index in [1.807, 2.05) is 37.3 Å². The molecule has 0 spiro atoms. The Morgan fingerprint density at radius 3 is 2.62 bits per heavy atom. The molecule has 1 saturated heterocycles. The molecule has 1 heterocycles. The highest BCUT2D eigenvalue weighted by atomic mass is 79.9. The maximum atomic E-state index is 12.9. The summed E-state index contributed by atoms with van der Waals surface area (Å²) in [4.78, 5) is 0. The van der Waals surface area contributed by atoms with E-state index in [9.17, 15) is 8.42 Å². The van der Waals surface area contributed by atoms with E-state index < -0.39 is 10.2 Å². The van der Waals surface area contributed by atoms with Crippen molar-refractivity contribution in [1.29, 1.82) is 0 Å². The third-order valence-electron chi connectivity index (χ3n) is 3.90. The minimum absolute atomic E-state index is 0.0948. The summed E-state index contributed by atoms with van der Waals surface area (Å²) >= 11 is 3.37. The standard InChI is InChI=1S/C15H23BrN2O2S/c1-14-7-5-6-11-18(14)21(19,20)17(12-10-16)13-15-8-3-2-4-9-15/h2-4,8-9,14H,5-7,10-13H2,1H3. The number of piperidine rings is 1. The molecule has 6 heteroatoms. The molecule has 0 saturated carbocycles. The highest BCUT2D eigenvalue weighted by molar-refractivity contribution is 9.09. The molecule has 118 valence electrons. The Kier molecular flexibility index (Phi) is 6.22. The fourth-order valence-corrected chi connectivity index (χ4v) is 5.23. The van der Waals surface area contributed by atoms with Gasteiger partial charge in [-0.15, -0.1) is 0 Å². The average Bonchev–Trinajstić information content (AvgIpc) is 2.48. The molecule has 0 radical (unpaired) electrons. The molecule has 4 nitrogen and oxygen atoms in total. The van der Waals surface area contributed by atoms with Crippen LogP contribution in [0.15, 0.2) is 30.3 Å². The van der Waals surface area contributed by atoms with Crippen LogP contribution in [-0.2, 0) is 16.8 Å². The number of rotatable bonds is 6. The Labute approximate surface area is 136 Å². The lowest BCUT2D eigenvalue weighted by atomic mass is 10.1. The van der Waals surface area contributed by atoms with Crippen LogP contribution in [0.1, 0.15) is 31.7 Å². The molecule has 0 aliphatic carbocycles. The Morgan fingerprint density at radius 1 is 1.29 bits per heavy atom. The summed E-state index contributed by atoms with van der Waals surface area (Å²) < 4.78 is 29.1. The summed E-state index contributed by atoms with van der Waals surface area (Å²) in [6.07, 6.45) is 3.02. The fourth-order valence-electron chi connectivity index (χ4n) is 2.72. The molecule has 0 amide bonds. The SMILES string of the molecule is CC1CCCCN1S(=O)(=O)N(CCBr)Cc1ccccc1. The molecule has 1 aliphatic heterocycles. The molecule has 0 bridgehead atoms. The van der Waals surface area contributed by atoms with Crippen molar-refractivity contribution in [2.75, 3.05) is 18.4 Å². The largest absolute Gasteiger partial charge is 0.282 e. The van der Waals surface area contributed by atoms with E-state index >= 15 is 0 Å². The first kappa shape index (κ1) is 16.9. The summed E-state index contributed by atoms with van der Waals surface area (Å²) in [7, 11) is -3.40. The first-order valence-electron chi connectivity index (χ1n) is 7.42. The van der Waals surface area contributed by atoms with Crippen LogP contribution in [0.3, 0.4) is 0 Å². The highest BCUT2D eigenvalue weighted by Gasteiger charge is 2.34. The van der Waals surface area contributed by atoms with Gasteiger partial charge in [0.2, 0.25) is 0 Å². The van der Waals surface area contributed by atoms with Gasteiger partial charge in [-0.2, -0.15) is 17.0 Å². The number of hydrogen-bond donors (Lipinski definition) is 0. The summed E-state index contributed by atoms with van der Waals surface area (Å²) in [5.74, 6) is 0. The lowest BCUT2D eigenvalue weighted by Crippen LogP contribution is -2.49. The Hall–Kier alpha value is -0.430. The van der Waals surface area contributed by atoms with Crippen molar-refractivity contribution < 1.29 is 8.42 Å². The fraction of sp³-hybridized carbons (Fsp3) is 0.600. The number of hydrogen-bond acceptors (Lipinski definition) is 2. The van der Waals surface area contributed by atoms with Crippen LogP contribution in [0, 0.1) is 0 Å². The number of halogens is 1. The van der Waals surface area contributed by atoms with Gasteiger partial charge < -0.3 is 0 Å². The van der Waals surface area contributed by atoms with Crippen molar-refractivity contribution in [2.45, 2.75) is 38.8 Å². The maximum Gasteiger partial charge on any atom is 0.282 e. The van der Waals surface area contributed by atoms with Gasteiger partial charge in [0.15, 0.2) is 0 Å². The minimum Gasteiger partial charge on any atom is -0.195 e. The van der Waals surface area contributed by atoms with Crippen molar-refractivity contribution in [3.63, 3.8) is 0 Å². The van der Waals surface area contributed by atoms with Crippen LogP contribution in [0.4, 0.5) is 0 Å². The quantitative estimate of drug-likeness (QED) is 0.718. The summed E-state index contributed by atoms with van der Waals surface area (Å²) in [6.45, 7) is 3.56. The van der Waals surface area contributed by atoms with Gasteiger partial charge in [-0.25, -0.2) is 0 Å². The van der Waals surface area contributed by atoms with Crippen LogP contribution in [-0.4, -0.2) is 41.5 Å². The van der Waals surface area contributed by atoms with Crippen molar-refractivity contribution in [2.24, 2.45) is 0 Å². The second-order valence-electron chi connectivity index (χ2n) is 5.47. The second-order valence-corrected chi connectivity index (χ2v) is 8.15. The lowest BCUT2D eigenvalue weighted by molar-refractivity contribution is 0.244. The van der Waals surface area contributed by atoms with E-state index in [1.165, 1.54) is 0 Å². The van der Waals surface area contributed by atoms with Gasteiger partial charge in [0, 0.05) is 31.0 Å². The summed E-state index contributed by atoms with van der Waals surface area (Å²) in [5.41, 5.74) is 1.02. The Morgan fingerprint density at radius 2 is 2.00 bits per heavy atom. The van der Waals surface area contributed by atoms with E-state index in [-0.39, 0.29) is 6.04 Å². The Bertz CT molecular complexity index is 536. The van der Waals surface area contributed by atoms with Gasteiger partial charge in [-0.1, -0.05) is 52.7 Å². The monoisotopic (exact) mass is 374 g/mol. The lowest BCUT2D eigenvalue weighted by Gasteiger charge is -2.36. The molecular weight excluding hydrogens is 352 g/mol. The predicted molar refractivity (Wildman–Crippen MR) is 89.6 cm³/mol. The van der Waals surface area contributed by atoms with Crippen molar-refractivity contribution in [1.82, 2.24) is 8.61 Å². The van der Waals surface area contributed by atoms with E-state index in [1.54, 1.807) is 8.61 Å². The van der Waals surface area contributed by atoms with Gasteiger partial charge in [0.1, 0.15) is 0 Å². The summed E-state index contributed by atoms with van der Waals surface area (Å²) in [6, 6.07) is 9.86. The normalized spacial score (nSPS) is 20.8. The first-order chi connectivity index (χ1) is 10.1. The van der Waals surface area contributed by atoms with Crippen molar-refractivity contribution in [3.05, 3.63) is 35.9 Å². The van der Waals surface area contributed by atoms with Gasteiger partial charge in [-0.3, -0.25) is 0 Å². The molecule has 1 aromatic rings. The third kappa shape index (κ3) is 4.28. The average molecular weight is 375 g/mol. The zero-order valence-electron chi connectivity index (χ0n) is 12.4. The topological polar surface area (TPSA) is 40.6 Å². The molecule has 1 aliphatic rings. The van der Waals surface area contributed by atoms with Crippen LogP contribution in [0.2, 0.25) is 0 Å². The maximum absolute atomic E-state index is 12.9. The van der Waals surface area contributed by atoms with Gasteiger partial charge in [0.05, 0.1) is 0 Å². The smallest absolute Gasteiger partial charge is 0.195 e. The molecule has 1 unspecified atom stereocenters. The number of alkyl halides is 1. The third-order valence-corrected chi connectivity index (χ3v) is 6.35. The molecule has 0 N–H and O–H groups in total. The van der Waals surface area contributed by atoms with E-state index in [4.69, 9.17) is 0 Å². The molecule has 0 aromatic heterocycles. The highest BCUT2D eigenvalue weighted by Crippen LogP contribution is 2.23. The van der Waals surface area contributed by atoms with Crippen LogP contribution < -0.4 is 0 Å². The minimum atomic E-state index is -3.40. The van der Waals surface area contributed by atoms with Crippen LogP contribution >= 0.6 is 15.9 Å². The van der Waals surface area contributed by atoms with E-state index in [0.29, 0.717) is 25.0 Å². The summed E-state index contributed by atoms with van der Waals surface area (Å²) in [5, 5.41) is 0.640. The van der Waals surface area contributed by atoms with Crippen molar-refractivity contribution >= 4 is 26.1 Å². The van der Waals surface area contributed by atoms with Gasteiger partial charge in [0.25, 0.3) is 10.2 Å².